The molecule has 10 aromatic rings. The van der Waals surface area contributed by atoms with Gasteiger partial charge in [-0.05, 0) is 101 Å². The van der Waals surface area contributed by atoms with Gasteiger partial charge >= 0.3 is 0 Å². The lowest BCUT2D eigenvalue weighted by molar-refractivity contribution is 0.666. The second-order valence-electron chi connectivity index (χ2n) is 16.2. The largest absolute Gasteiger partial charge is 0.228 e. The van der Waals surface area contributed by atoms with Crippen LogP contribution < -0.4 is 0 Å². The zero-order chi connectivity index (χ0) is 39.5. The van der Waals surface area contributed by atoms with Gasteiger partial charge < -0.3 is 0 Å². The Morgan fingerprint density at radius 1 is 0.322 bits per heavy atom. The fourth-order valence-electron chi connectivity index (χ4n) is 9.34. The van der Waals surface area contributed by atoms with E-state index in [0.717, 1.165) is 33.5 Å². The van der Waals surface area contributed by atoms with Crippen molar-refractivity contribution in [2.75, 3.05) is 0 Å². The van der Waals surface area contributed by atoms with E-state index in [1.807, 2.05) is 6.07 Å². The van der Waals surface area contributed by atoms with Crippen molar-refractivity contribution in [3.8, 4) is 78.4 Å². The molecule has 1 heterocycles. The molecule has 278 valence electrons. The maximum Gasteiger partial charge on any atom is 0.161 e. The molecule has 59 heavy (non-hydrogen) atoms. The standard InChI is InChI=1S/C57H40N2/c1-57(2)52-33-29-43(35-51(52)49-30-28-39-16-9-10-21-46(39)55(49)57)42-19-13-20-44(34-42)45-31-32-50(48-23-12-11-22-47(45)48)56-58-53(40-17-7-4-8-18-40)36-54(59-56)41-26-24-38(25-27-41)37-14-5-3-6-15-37/h3-36H,1-2H3. The third kappa shape index (κ3) is 5.96. The first-order chi connectivity index (χ1) is 29.0. The van der Waals surface area contributed by atoms with Crippen LogP contribution in [0.15, 0.2) is 206 Å². The van der Waals surface area contributed by atoms with Gasteiger partial charge in [0.15, 0.2) is 5.82 Å². The minimum absolute atomic E-state index is 0.0787. The molecular formula is C57H40N2. The van der Waals surface area contributed by atoms with Crippen molar-refractivity contribution in [1.82, 2.24) is 9.97 Å². The van der Waals surface area contributed by atoms with Crippen LogP contribution in [0.1, 0.15) is 25.0 Å². The van der Waals surface area contributed by atoms with Gasteiger partial charge in [0.1, 0.15) is 0 Å². The quantitative estimate of drug-likeness (QED) is 0.169. The number of hydrogen-bond acceptors (Lipinski definition) is 2. The normalized spacial score (nSPS) is 12.7. The highest BCUT2D eigenvalue weighted by Crippen LogP contribution is 2.52. The molecule has 0 spiro atoms. The van der Waals surface area contributed by atoms with Gasteiger partial charge in [0.2, 0.25) is 0 Å². The van der Waals surface area contributed by atoms with Gasteiger partial charge in [-0.25, -0.2) is 9.97 Å². The molecule has 11 rings (SSSR count). The van der Waals surface area contributed by atoms with Crippen LogP contribution in [0.2, 0.25) is 0 Å². The highest BCUT2D eigenvalue weighted by molar-refractivity contribution is 6.05. The Hall–Kier alpha value is -7.42. The summed E-state index contributed by atoms with van der Waals surface area (Å²) in [6, 6.07) is 74.3. The van der Waals surface area contributed by atoms with Crippen LogP contribution in [0.4, 0.5) is 0 Å². The molecule has 0 atom stereocenters. The summed E-state index contributed by atoms with van der Waals surface area (Å²) in [4.78, 5) is 10.5. The number of fused-ring (bicyclic) bond motifs is 6. The molecular weight excluding hydrogens is 713 g/mol. The van der Waals surface area contributed by atoms with Crippen LogP contribution in [-0.4, -0.2) is 9.97 Å². The fraction of sp³-hybridized carbons (Fsp3) is 0.0526. The third-order valence-corrected chi connectivity index (χ3v) is 12.3. The van der Waals surface area contributed by atoms with E-state index in [-0.39, 0.29) is 5.41 Å². The molecule has 1 aliphatic rings. The van der Waals surface area contributed by atoms with Gasteiger partial charge in [-0.3, -0.25) is 0 Å². The topological polar surface area (TPSA) is 25.8 Å². The Kier molecular flexibility index (Phi) is 8.20. The number of rotatable bonds is 6. The molecule has 1 aromatic heterocycles. The van der Waals surface area contributed by atoms with Crippen molar-refractivity contribution >= 4 is 21.5 Å². The van der Waals surface area contributed by atoms with Crippen LogP contribution in [0.25, 0.3) is 100.0 Å². The van der Waals surface area contributed by atoms with Gasteiger partial charge in [0.25, 0.3) is 0 Å². The second-order valence-corrected chi connectivity index (χ2v) is 16.2. The summed E-state index contributed by atoms with van der Waals surface area (Å²) in [6.45, 7) is 4.73. The van der Waals surface area contributed by atoms with Gasteiger partial charge in [0.05, 0.1) is 11.4 Å². The number of hydrogen-bond donors (Lipinski definition) is 0. The smallest absolute Gasteiger partial charge is 0.161 e. The van der Waals surface area contributed by atoms with Crippen molar-refractivity contribution in [3.63, 3.8) is 0 Å². The zero-order valence-electron chi connectivity index (χ0n) is 33.0. The monoisotopic (exact) mass is 752 g/mol. The van der Waals surface area contributed by atoms with Gasteiger partial charge in [-0.1, -0.05) is 196 Å². The molecule has 1 aliphatic carbocycles. The summed E-state index contributed by atoms with van der Waals surface area (Å²) in [5.74, 6) is 0.708. The number of benzene rings is 9. The summed E-state index contributed by atoms with van der Waals surface area (Å²) in [6.07, 6.45) is 0. The number of aromatic nitrogens is 2. The summed E-state index contributed by atoms with van der Waals surface area (Å²) in [5, 5.41) is 4.93. The van der Waals surface area contributed by atoms with E-state index in [0.29, 0.717) is 5.82 Å². The van der Waals surface area contributed by atoms with Gasteiger partial charge in [-0.15, -0.1) is 0 Å². The predicted octanol–water partition coefficient (Wildman–Crippen LogP) is 15.1. The first kappa shape index (κ1) is 34.8. The minimum atomic E-state index is -0.0787. The first-order valence-electron chi connectivity index (χ1n) is 20.4. The molecule has 9 aromatic carbocycles. The van der Waals surface area contributed by atoms with Crippen LogP contribution in [-0.2, 0) is 5.41 Å². The van der Waals surface area contributed by atoms with E-state index in [1.54, 1.807) is 0 Å². The Bertz CT molecular complexity index is 3220. The lowest BCUT2D eigenvalue weighted by Gasteiger charge is -2.23. The van der Waals surface area contributed by atoms with Crippen LogP contribution in [0.5, 0.6) is 0 Å². The molecule has 0 aliphatic heterocycles. The summed E-state index contributed by atoms with van der Waals surface area (Å²) < 4.78 is 0. The van der Waals surface area contributed by atoms with Crippen molar-refractivity contribution in [2.24, 2.45) is 0 Å². The lowest BCUT2D eigenvalue weighted by Crippen LogP contribution is -2.15. The average Bonchev–Trinajstić information content (AvgIpc) is 3.54. The minimum Gasteiger partial charge on any atom is -0.228 e. The summed E-state index contributed by atoms with van der Waals surface area (Å²) in [7, 11) is 0. The first-order valence-corrected chi connectivity index (χ1v) is 20.4. The molecule has 2 nitrogen and oxygen atoms in total. The van der Waals surface area contributed by atoms with Crippen LogP contribution >= 0.6 is 0 Å². The summed E-state index contributed by atoms with van der Waals surface area (Å²) >= 11 is 0. The van der Waals surface area contributed by atoms with Gasteiger partial charge in [-0.2, -0.15) is 0 Å². The maximum atomic E-state index is 5.27. The van der Waals surface area contributed by atoms with Crippen molar-refractivity contribution in [3.05, 3.63) is 217 Å². The number of nitrogens with zero attached hydrogens (tertiary/aromatic N) is 2. The molecule has 0 bridgehead atoms. The fourth-order valence-corrected chi connectivity index (χ4v) is 9.34. The maximum absolute atomic E-state index is 5.27. The van der Waals surface area contributed by atoms with Gasteiger partial charge in [0, 0.05) is 22.1 Å². The molecule has 0 fully saturated rings. The Balaban J connectivity index is 0.999. The lowest BCUT2D eigenvalue weighted by atomic mass is 9.80. The molecule has 0 radical (unpaired) electrons. The molecule has 0 saturated carbocycles. The van der Waals surface area contributed by atoms with Crippen molar-refractivity contribution < 1.29 is 0 Å². The molecule has 0 saturated heterocycles. The van der Waals surface area contributed by atoms with Crippen LogP contribution in [0.3, 0.4) is 0 Å². The van der Waals surface area contributed by atoms with E-state index < -0.39 is 0 Å². The van der Waals surface area contributed by atoms with E-state index >= 15 is 0 Å². The predicted molar refractivity (Wildman–Crippen MR) is 247 cm³/mol. The molecule has 0 N–H and O–H groups in total. The SMILES string of the molecule is CC1(C)c2ccc(-c3cccc(-c4ccc(-c5nc(-c6ccccc6)cc(-c6ccc(-c7ccccc7)cc6)n5)c5ccccc45)c3)cc2-c2ccc3ccccc3c21. The van der Waals surface area contributed by atoms with E-state index in [1.165, 1.54) is 71.8 Å². The Labute approximate surface area is 345 Å². The second kappa shape index (κ2) is 13.9. The summed E-state index contributed by atoms with van der Waals surface area (Å²) in [5.41, 5.74) is 17.5. The average molecular weight is 753 g/mol. The third-order valence-electron chi connectivity index (χ3n) is 12.3. The van der Waals surface area contributed by atoms with Crippen LogP contribution in [0, 0.1) is 0 Å². The van der Waals surface area contributed by atoms with Crippen molar-refractivity contribution in [1.29, 1.82) is 0 Å². The Morgan fingerprint density at radius 3 is 1.58 bits per heavy atom. The van der Waals surface area contributed by atoms with Crippen molar-refractivity contribution in [2.45, 2.75) is 19.3 Å². The zero-order valence-corrected chi connectivity index (χ0v) is 33.0. The van der Waals surface area contributed by atoms with E-state index in [9.17, 15) is 0 Å². The van der Waals surface area contributed by atoms with E-state index in [4.69, 9.17) is 9.97 Å². The Morgan fingerprint density at radius 2 is 0.831 bits per heavy atom. The van der Waals surface area contributed by atoms with E-state index in [2.05, 4.69) is 214 Å². The molecule has 2 heteroatoms. The molecule has 0 unspecified atom stereocenters. The molecule has 0 amide bonds. The highest BCUT2D eigenvalue weighted by atomic mass is 14.9. The highest BCUT2D eigenvalue weighted by Gasteiger charge is 2.37.